The number of rotatable bonds is 4. The minimum Gasteiger partial charge on any atom is -0.481 e. The molecule has 0 saturated carbocycles. The number of guanidine groups is 1. The van der Waals surface area contributed by atoms with Gasteiger partial charge in [0.05, 0.1) is 13.7 Å². The molecule has 0 aliphatic carbocycles. The maximum absolute atomic E-state index is 5.30. The van der Waals surface area contributed by atoms with E-state index in [1.807, 2.05) is 23.9 Å². The molecule has 1 fully saturated rings. The number of thioether (sulfide) groups is 1. The summed E-state index contributed by atoms with van der Waals surface area (Å²) in [6, 6.07) is 3.93. The molecule has 1 aliphatic rings. The van der Waals surface area contributed by atoms with Crippen LogP contribution in [0, 0.1) is 0 Å². The lowest BCUT2D eigenvalue weighted by atomic mass is 10.2. The lowest BCUT2D eigenvalue weighted by molar-refractivity contribution is 0.374. The third kappa shape index (κ3) is 4.53. The molecule has 22 heavy (non-hydrogen) atoms. The van der Waals surface area contributed by atoms with Crippen molar-refractivity contribution in [1.29, 1.82) is 0 Å². The van der Waals surface area contributed by atoms with E-state index in [1.54, 1.807) is 13.3 Å². The second-order valence-electron chi connectivity index (χ2n) is 5.87. The van der Waals surface area contributed by atoms with Gasteiger partial charge in [-0.3, -0.25) is 0 Å². The average molecular weight is 322 g/mol. The first-order chi connectivity index (χ1) is 10.6. The van der Waals surface area contributed by atoms with Crippen LogP contribution in [-0.2, 0) is 6.54 Å². The topological polar surface area (TPSA) is 49.8 Å². The fourth-order valence-electron chi connectivity index (χ4n) is 2.51. The van der Waals surface area contributed by atoms with Crippen LogP contribution < -0.4 is 10.1 Å². The highest BCUT2D eigenvalue weighted by Gasteiger charge is 2.28. The molecule has 1 aliphatic heterocycles. The number of hydrogen-bond donors (Lipinski definition) is 1. The monoisotopic (exact) mass is 322 g/mol. The van der Waals surface area contributed by atoms with E-state index in [1.165, 1.54) is 0 Å². The summed E-state index contributed by atoms with van der Waals surface area (Å²) in [5, 5.41) is 3.40. The van der Waals surface area contributed by atoms with Crippen LogP contribution in [-0.4, -0.2) is 53.1 Å². The summed E-state index contributed by atoms with van der Waals surface area (Å²) in [5.41, 5.74) is 1.01. The van der Waals surface area contributed by atoms with Crippen LogP contribution >= 0.6 is 11.8 Å². The highest BCUT2D eigenvalue weighted by atomic mass is 32.2. The van der Waals surface area contributed by atoms with Crippen LogP contribution in [0.4, 0.5) is 0 Å². The predicted octanol–water partition coefficient (Wildman–Crippen LogP) is 2.38. The van der Waals surface area contributed by atoms with Crippen molar-refractivity contribution in [3.63, 3.8) is 0 Å². The van der Waals surface area contributed by atoms with Crippen LogP contribution in [0.2, 0.25) is 0 Å². The number of methoxy groups -OCH3 is 1. The molecule has 1 aromatic heterocycles. The third-order valence-electron chi connectivity index (χ3n) is 3.50. The van der Waals surface area contributed by atoms with Gasteiger partial charge in [-0.25, -0.2) is 9.98 Å². The maximum Gasteiger partial charge on any atom is 0.218 e. The Balaban J connectivity index is 2.13. The molecule has 1 aromatic rings. The van der Waals surface area contributed by atoms with Crippen molar-refractivity contribution >= 4 is 17.7 Å². The zero-order valence-corrected chi connectivity index (χ0v) is 14.7. The SMILES string of the molecule is CCNC(=NCc1cccnc1OC)N1CCSC(C)(C)C1. The minimum atomic E-state index is 0.264. The zero-order chi connectivity index (χ0) is 16.0. The molecule has 6 heteroatoms. The van der Waals surface area contributed by atoms with Gasteiger partial charge in [0.25, 0.3) is 0 Å². The minimum absolute atomic E-state index is 0.264. The molecule has 0 aromatic carbocycles. The molecule has 5 nitrogen and oxygen atoms in total. The number of nitrogens with zero attached hydrogens (tertiary/aromatic N) is 3. The molecule has 0 atom stereocenters. The van der Waals surface area contributed by atoms with Gasteiger partial charge in [-0.15, -0.1) is 0 Å². The Morgan fingerprint density at radius 3 is 3.05 bits per heavy atom. The molecular formula is C16H26N4OS. The van der Waals surface area contributed by atoms with E-state index in [0.717, 1.165) is 36.9 Å². The molecule has 122 valence electrons. The van der Waals surface area contributed by atoms with Gasteiger partial charge in [0.1, 0.15) is 0 Å². The van der Waals surface area contributed by atoms with E-state index in [0.29, 0.717) is 12.4 Å². The van der Waals surface area contributed by atoms with Gasteiger partial charge >= 0.3 is 0 Å². The lowest BCUT2D eigenvalue weighted by Gasteiger charge is -2.39. The van der Waals surface area contributed by atoms with Crippen LogP contribution in [0.5, 0.6) is 5.88 Å². The van der Waals surface area contributed by atoms with Crippen molar-refractivity contribution in [2.75, 3.05) is 32.5 Å². The Morgan fingerprint density at radius 1 is 1.55 bits per heavy atom. The second-order valence-corrected chi connectivity index (χ2v) is 7.67. The quantitative estimate of drug-likeness (QED) is 0.681. The first kappa shape index (κ1) is 16.9. The summed E-state index contributed by atoms with van der Waals surface area (Å²) >= 11 is 2.03. The molecule has 0 spiro atoms. The molecule has 0 radical (unpaired) electrons. The number of aliphatic imine (C=N–C) groups is 1. The molecular weight excluding hydrogens is 296 g/mol. The Hall–Kier alpha value is -1.43. The number of aromatic nitrogens is 1. The van der Waals surface area contributed by atoms with Crippen LogP contribution in [0.15, 0.2) is 23.3 Å². The van der Waals surface area contributed by atoms with Crippen molar-refractivity contribution < 1.29 is 4.74 Å². The first-order valence-corrected chi connectivity index (χ1v) is 8.69. The molecule has 2 rings (SSSR count). The van der Waals surface area contributed by atoms with Gasteiger partial charge in [0, 0.05) is 41.9 Å². The summed E-state index contributed by atoms with van der Waals surface area (Å²) in [5.74, 6) is 2.76. The summed E-state index contributed by atoms with van der Waals surface area (Å²) < 4.78 is 5.56. The molecule has 1 N–H and O–H groups in total. The van der Waals surface area contributed by atoms with Gasteiger partial charge in [0.15, 0.2) is 5.96 Å². The number of hydrogen-bond acceptors (Lipinski definition) is 4. The highest BCUT2D eigenvalue weighted by Crippen LogP contribution is 2.29. The lowest BCUT2D eigenvalue weighted by Crippen LogP contribution is -2.50. The van der Waals surface area contributed by atoms with Crippen molar-refractivity contribution in [1.82, 2.24) is 15.2 Å². The summed E-state index contributed by atoms with van der Waals surface area (Å²) in [7, 11) is 1.64. The van der Waals surface area contributed by atoms with Gasteiger partial charge in [-0.05, 0) is 26.8 Å². The van der Waals surface area contributed by atoms with E-state index in [4.69, 9.17) is 9.73 Å². The number of ether oxygens (including phenoxy) is 1. The Labute approximate surface area is 137 Å². The normalized spacial score (nSPS) is 18.2. The van der Waals surface area contributed by atoms with Crippen LogP contribution in [0.3, 0.4) is 0 Å². The van der Waals surface area contributed by atoms with E-state index < -0.39 is 0 Å². The Kier molecular flexibility index (Phi) is 5.94. The van der Waals surface area contributed by atoms with Crippen molar-refractivity contribution in [3.8, 4) is 5.88 Å². The van der Waals surface area contributed by atoms with Gasteiger partial charge < -0.3 is 15.0 Å². The fraction of sp³-hybridized carbons (Fsp3) is 0.625. The maximum atomic E-state index is 5.30. The van der Waals surface area contributed by atoms with Crippen molar-refractivity contribution in [2.45, 2.75) is 32.1 Å². The van der Waals surface area contributed by atoms with E-state index in [-0.39, 0.29) is 4.75 Å². The molecule has 0 amide bonds. The molecule has 0 bridgehead atoms. The number of pyridine rings is 1. The summed E-state index contributed by atoms with van der Waals surface area (Å²) in [6.45, 7) is 10.2. The third-order valence-corrected chi connectivity index (χ3v) is 4.80. The van der Waals surface area contributed by atoms with Gasteiger partial charge in [-0.2, -0.15) is 11.8 Å². The highest BCUT2D eigenvalue weighted by molar-refractivity contribution is 8.00. The Bertz CT molecular complexity index is 519. The molecule has 2 heterocycles. The average Bonchev–Trinajstić information content (AvgIpc) is 2.50. The van der Waals surface area contributed by atoms with E-state index in [9.17, 15) is 0 Å². The summed E-state index contributed by atoms with van der Waals surface area (Å²) in [6.07, 6.45) is 1.74. The standard InChI is InChI=1S/C16H26N4OS/c1-5-17-15(20-9-10-22-16(2,3)12-20)19-11-13-7-6-8-18-14(13)21-4/h6-8H,5,9-12H2,1-4H3,(H,17,19). The second kappa shape index (κ2) is 7.72. The molecule has 0 unspecified atom stereocenters. The van der Waals surface area contributed by atoms with Crippen molar-refractivity contribution in [2.24, 2.45) is 4.99 Å². The van der Waals surface area contributed by atoms with Crippen LogP contribution in [0.25, 0.3) is 0 Å². The van der Waals surface area contributed by atoms with Gasteiger partial charge in [0.2, 0.25) is 5.88 Å². The zero-order valence-electron chi connectivity index (χ0n) is 13.9. The Morgan fingerprint density at radius 2 is 2.36 bits per heavy atom. The van der Waals surface area contributed by atoms with Gasteiger partial charge in [-0.1, -0.05) is 6.07 Å². The smallest absolute Gasteiger partial charge is 0.218 e. The number of nitrogens with one attached hydrogen (secondary N) is 1. The first-order valence-electron chi connectivity index (χ1n) is 7.71. The predicted molar refractivity (Wildman–Crippen MR) is 93.7 cm³/mol. The van der Waals surface area contributed by atoms with Crippen LogP contribution in [0.1, 0.15) is 26.3 Å². The fourth-order valence-corrected chi connectivity index (χ4v) is 3.62. The largest absolute Gasteiger partial charge is 0.481 e. The van der Waals surface area contributed by atoms with E-state index in [2.05, 4.69) is 36.0 Å². The van der Waals surface area contributed by atoms with Crippen molar-refractivity contribution in [3.05, 3.63) is 23.9 Å². The van der Waals surface area contributed by atoms with E-state index >= 15 is 0 Å². The summed E-state index contributed by atoms with van der Waals surface area (Å²) in [4.78, 5) is 11.4. The molecule has 1 saturated heterocycles.